The Morgan fingerprint density at radius 3 is 1.70 bits per heavy atom. The lowest BCUT2D eigenvalue weighted by molar-refractivity contribution is 0.180. The van der Waals surface area contributed by atoms with Crippen molar-refractivity contribution >= 4 is 18.3 Å². The summed E-state index contributed by atoms with van der Waals surface area (Å²) in [6, 6.07) is 0.677. The fraction of sp³-hybridized carbons (Fsp3) is 0.882. The standard InChI is InChI=1S/C17H36N2O2SSi/c1-13(12-23(9,10)11)15-14(2)18(16(3,4)5)22(20,21)19(15)17(6,7)8/h14-15H,1,12H2,2-11H3/t14-,15-/m1/s1. The highest BCUT2D eigenvalue weighted by Crippen LogP contribution is 2.42. The van der Waals surface area contributed by atoms with Gasteiger partial charge in [0.2, 0.25) is 0 Å². The van der Waals surface area contributed by atoms with Crippen LogP contribution in [0, 0.1) is 0 Å². The zero-order valence-electron chi connectivity index (χ0n) is 16.7. The summed E-state index contributed by atoms with van der Waals surface area (Å²) in [5, 5.41) is 0. The Balaban J connectivity index is 3.46. The highest BCUT2D eigenvalue weighted by molar-refractivity contribution is 7.87. The van der Waals surface area contributed by atoms with Crippen LogP contribution in [0.4, 0.5) is 0 Å². The van der Waals surface area contributed by atoms with Gasteiger partial charge < -0.3 is 0 Å². The van der Waals surface area contributed by atoms with E-state index in [2.05, 4.69) is 26.2 Å². The van der Waals surface area contributed by atoms with Crippen molar-refractivity contribution in [2.45, 2.75) is 97.3 Å². The van der Waals surface area contributed by atoms with Gasteiger partial charge in [-0.25, -0.2) is 0 Å². The van der Waals surface area contributed by atoms with Gasteiger partial charge in [-0.05, 0) is 54.5 Å². The first-order valence-electron chi connectivity index (χ1n) is 8.42. The maximum absolute atomic E-state index is 13.3. The van der Waals surface area contributed by atoms with Crippen LogP contribution in [0.3, 0.4) is 0 Å². The van der Waals surface area contributed by atoms with Gasteiger partial charge >= 0.3 is 0 Å². The zero-order chi connectivity index (χ0) is 18.6. The van der Waals surface area contributed by atoms with Gasteiger partial charge in [-0.1, -0.05) is 31.8 Å². The van der Waals surface area contributed by atoms with Crippen LogP contribution in [-0.4, -0.2) is 48.3 Å². The molecule has 23 heavy (non-hydrogen) atoms. The van der Waals surface area contributed by atoms with E-state index in [0.29, 0.717) is 0 Å². The van der Waals surface area contributed by atoms with Crippen molar-refractivity contribution in [2.75, 3.05) is 0 Å². The maximum atomic E-state index is 13.3. The number of hydrogen-bond acceptors (Lipinski definition) is 2. The summed E-state index contributed by atoms with van der Waals surface area (Å²) >= 11 is 0. The molecule has 0 unspecified atom stereocenters. The van der Waals surface area contributed by atoms with Crippen LogP contribution < -0.4 is 0 Å². The molecule has 0 aliphatic carbocycles. The lowest BCUT2D eigenvalue weighted by Crippen LogP contribution is -2.51. The summed E-state index contributed by atoms with van der Waals surface area (Å²) < 4.78 is 30.0. The van der Waals surface area contributed by atoms with Crippen LogP contribution in [0.15, 0.2) is 12.2 Å². The molecule has 0 spiro atoms. The molecule has 2 atom stereocenters. The number of rotatable bonds is 3. The normalized spacial score (nSPS) is 27.4. The molecule has 1 heterocycles. The molecule has 1 saturated heterocycles. The van der Waals surface area contributed by atoms with Gasteiger partial charge in [0.15, 0.2) is 0 Å². The largest absolute Gasteiger partial charge is 0.283 e. The third-order valence-corrected chi connectivity index (χ3v) is 8.24. The molecule has 1 aliphatic rings. The number of hydrogen-bond donors (Lipinski definition) is 0. The van der Waals surface area contributed by atoms with E-state index in [9.17, 15) is 8.42 Å². The zero-order valence-corrected chi connectivity index (χ0v) is 18.5. The molecule has 0 aromatic rings. The first-order valence-corrected chi connectivity index (χ1v) is 13.5. The van der Waals surface area contributed by atoms with E-state index in [0.717, 1.165) is 11.6 Å². The lowest BCUT2D eigenvalue weighted by Gasteiger charge is -2.37. The van der Waals surface area contributed by atoms with Gasteiger partial charge in [-0.3, -0.25) is 0 Å². The second kappa shape index (κ2) is 5.97. The molecule has 0 amide bonds. The molecular weight excluding hydrogens is 324 g/mol. The van der Waals surface area contributed by atoms with Gasteiger partial charge in [0, 0.05) is 25.2 Å². The summed E-state index contributed by atoms with van der Waals surface area (Å²) in [5.41, 5.74) is 0.137. The van der Waals surface area contributed by atoms with Gasteiger partial charge in [-0.15, -0.1) is 0 Å². The SMILES string of the molecule is C=C(C[Si](C)(C)C)[C@@H]1[C@@H](C)N(C(C)(C)C)S(=O)(=O)N1C(C)(C)C. The summed E-state index contributed by atoms with van der Waals surface area (Å²) in [7, 11) is -4.88. The lowest BCUT2D eigenvalue weighted by atomic mass is 9.96. The highest BCUT2D eigenvalue weighted by Gasteiger charge is 2.57. The average molecular weight is 361 g/mol. The molecule has 0 aromatic heterocycles. The van der Waals surface area contributed by atoms with Gasteiger partial charge in [0.05, 0.1) is 6.04 Å². The van der Waals surface area contributed by atoms with Crippen LogP contribution in [0.25, 0.3) is 0 Å². The molecule has 136 valence electrons. The molecule has 0 radical (unpaired) electrons. The summed E-state index contributed by atoms with van der Waals surface area (Å²) in [4.78, 5) is 0. The van der Waals surface area contributed by atoms with Gasteiger partial charge in [0.25, 0.3) is 10.2 Å². The third kappa shape index (κ3) is 4.27. The molecule has 0 N–H and O–H groups in total. The molecule has 4 nitrogen and oxygen atoms in total. The molecule has 1 rings (SSSR count). The monoisotopic (exact) mass is 360 g/mol. The van der Waals surface area contributed by atoms with Gasteiger partial charge in [0.1, 0.15) is 0 Å². The van der Waals surface area contributed by atoms with Crippen molar-refractivity contribution in [3.63, 3.8) is 0 Å². The Labute approximate surface area is 145 Å². The smallest absolute Gasteiger partial charge is 0.195 e. The maximum Gasteiger partial charge on any atom is 0.283 e. The first kappa shape index (κ1) is 20.9. The van der Waals surface area contributed by atoms with Crippen LogP contribution in [0.2, 0.25) is 25.7 Å². The van der Waals surface area contributed by atoms with E-state index >= 15 is 0 Å². The van der Waals surface area contributed by atoms with Crippen molar-refractivity contribution in [1.82, 2.24) is 8.61 Å². The summed E-state index contributed by atoms with van der Waals surface area (Å²) in [6.07, 6.45) is 0. The van der Waals surface area contributed by atoms with Crippen LogP contribution in [0.5, 0.6) is 0 Å². The second-order valence-corrected chi connectivity index (χ2v) is 17.2. The van der Waals surface area contributed by atoms with Crippen molar-refractivity contribution in [3.05, 3.63) is 12.2 Å². The molecule has 0 bridgehead atoms. The topological polar surface area (TPSA) is 40.6 Å². The average Bonchev–Trinajstić information content (AvgIpc) is 2.39. The minimum absolute atomic E-state index is 0.108. The predicted molar refractivity (Wildman–Crippen MR) is 103 cm³/mol. The highest BCUT2D eigenvalue weighted by atomic mass is 32.2. The van der Waals surface area contributed by atoms with Crippen molar-refractivity contribution in [1.29, 1.82) is 0 Å². The fourth-order valence-corrected chi connectivity index (χ4v) is 8.08. The Bertz CT molecular complexity index is 565. The van der Waals surface area contributed by atoms with Crippen LogP contribution in [0.1, 0.15) is 48.5 Å². The Hall–Kier alpha value is -0.173. The van der Waals surface area contributed by atoms with E-state index in [4.69, 9.17) is 0 Å². The predicted octanol–water partition coefficient (Wildman–Crippen LogP) is 4.10. The molecular formula is C17H36N2O2SSi. The number of nitrogens with zero attached hydrogens (tertiary/aromatic N) is 2. The minimum Gasteiger partial charge on any atom is -0.195 e. The van der Waals surface area contributed by atoms with E-state index in [1.54, 1.807) is 8.61 Å². The molecule has 0 saturated carbocycles. The van der Waals surface area contributed by atoms with Gasteiger partial charge in [-0.2, -0.15) is 17.0 Å². The van der Waals surface area contributed by atoms with Crippen molar-refractivity contribution < 1.29 is 8.42 Å². The third-order valence-electron chi connectivity index (χ3n) is 4.07. The summed E-state index contributed by atoms with van der Waals surface area (Å²) in [5.74, 6) is 0. The van der Waals surface area contributed by atoms with Crippen LogP contribution >= 0.6 is 0 Å². The molecule has 6 heteroatoms. The second-order valence-electron chi connectivity index (χ2n) is 10.0. The Morgan fingerprint density at radius 1 is 1.00 bits per heavy atom. The van der Waals surface area contributed by atoms with Crippen LogP contribution in [-0.2, 0) is 10.2 Å². The summed E-state index contributed by atoms with van der Waals surface area (Å²) in [6.45, 7) is 25.0. The minimum atomic E-state index is -3.52. The molecule has 1 fully saturated rings. The van der Waals surface area contributed by atoms with Crippen molar-refractivity contribution in [3.8, 4) is 0 Å². The fourth-order valence-electron chi connectivity index (χ4n) is 3.79. The van der Waals surface area contributed by atoms with E-state index in [-0.39, 0.29) is 12.1 Å². The Morgan fingerprint density at radius 2 is 1.39 bits per heavy atom. The Kier molecular flexibility index (Phi) is 5.42. The van der Waals surface area contributed by atoms with E-state index in [1.165, 1.54) is 0 Å². The van der Waals surface area contributed by atoms with E-state index < -0.39 is 29.4 Å². The molecule has 0 aromatic carbocycles. The van der Waals surface area contributed by atoms with E-state index in [1.807, 2.05) is 48.5 Å². The molecule has 1 aliphatic heterocycles. The quantitative estimate of drug-likeness (QED) is 0.561. The first-order chi connectivity index (χ1) is 9.90. The van der Waals surface area contributed by atoms with Crippen molar-refractivity contribution in [2.24, 2.45) is 0 Å².